The Morgan fingerprint density at radius 1 is 0.821 bits per heavy atom. The van der Waals surface area contributed by atoms with Crippen LogP contribution in [0.1, 0.15) is 112 Å². The molecule has 9 atom stereocenters. The molecule has 0 aromatic heterocycles. The smallest absolute Gasteiger partial charge is 0.00198 e. The number of hydrogen-bond acceptors (Lipinski definition) is 1. The van der Waals surface area contributed by atoms with Crippen molar-refractivity contribution < 1.29 is 0 Å². The van der Waals surface area contributed by atoms with Gasteiger partial charge >= 0.3 is 0 Å². The Morgan fingerprint density at radius 2 is 1.54 bits per heavy atom. The summed E-state index contributed by atoms with van der Waals surface area (Å²) in [5.74, 6) is 6.90. The van der Waals surface area contributed by atoms with Crippen LogP contribution in [0, 0.1) is 52.3 Å². The van der Waals surface area contributed by atoms with Gasteiger partial charge in [-0.25, -0.2) is 0 Å². The lowest BCUT2D eigenvalue weighted by Gasteiger charge is -2.61. The molecule has 1 unspecified atom stereocenters. The Bertz CT molecular complexity index is 540. The molecule has 162 valence electrons. The molecule has 0 amide bonds. The third-order valence-electron chi connectivity index (χ3n) is 10.8. The van der Waals surface area contributed by atoms with Gasteiger partial charge < -0.3 is 0 Å². The van der Waals surface area contributed by atoms with E-state index in [0.717, 1.165) is 41.4 Å². The Balaban J connectivity index is 1.46. The number of thiol groups is 1. The van der Waals surface area contributed by atoms with Gasteiger partial charge in [-0.3, -0.25) is 0 Å². The molecule has 0 nitrogen and oxygen atoms in total. The minimum atomic E-state index is 0.643. The summed E-state index contributed by atoms with van der Waals surface area (Å²) in [7, 11) is 0. The van der Waals surface area contributed by atoms with E-state index in [1.807, 2.05) is 0 Å². The lowest BCUT2D eigenvalue weighted by Crippen LogP contribution is -2.53. The van der Waals surface area contributed by atoms with E-state index in [2.05, 4.69) is 34.6 Å². The summed E-state index contributed by atoms with van der Waals surface area (Å²) in [6.07, 6.45) is 17.8. The van der Waals surface area contributed by atoms with Crippen LogP contribution in [0.25, 0.3) is 0 Å². The van der Waals surface area contributed by atoms with Gasteiger partial charge in [-0.1, -0.05) is 53.9 Å². The van der Waals surface area contributed by atoms with Gasteiger partial charge in [-0.15, -0.1) is 0 Å². The molecular formula is C27H48S. The maximum Gasteiger partial charge on any atom is 0.00198 e. The summed E-state index contributed by atoms with van der Waals surface area (Å²) in [5.41, 5.74) is 1.30. The first kappa shape index (κ1) is 21.6. The quantitative estimate of drug-likeness (QED) is 0.437. The molecule has 4 aliphatic rings. The van der Waals surface area contributed by atoms with Crippen LogP contribution in [-0.4, -0.2) is 5.25 Å². The van der Waals surface area contributed by atoms with E-state index in [1.165, 1.54) is 64.2 Å². The second-order valence-electron chi connectivity index (χ2n) is 12.6. The van der Waals surface area contributed by atoms with Crippen LogP contribution in [0.5, 0.6) is 0 Å². The van der Waals surface area contributed by atoms with Crippen molar-refractivity contribution in [2.45, 2.75) is 117 Å². The average molecular weight is 405 g/mol. The van der Waals surface area contributed by atoms with Gasteiger partial charge in [0.2, 0.25) is 0 Å². The van der Waals surface area contributed by atoms with E-state index >= 15 is 0 Å². The minimum Gasteiger partial charge on any atom is -0.176 e. The predicted molar refractivity (Wildman–Crippen MR) is 126 cm³/mol. The molecule has 0 bridgehead atoms. The zero-order valence-electron chi connectivity index (χ0n) is 19.6. The van der Waals surface area contributed by atoms with Crippen molar-refractivity contribution in [1.29, 1.82) is 0 Å². The van der Waals surface area contributed by atoms with Crippen LogP contribution in [0.2, 0.25) is 0 Å². The summed E-state index contributed by atoms with van der Waals surface area (Å²) in [6.45, 7) is 12.8. The molecule has 4 aliphatic carbocycles. The van der Waals surface area contributed by atoms with E-state index < -0.39 is 0 Å². The number of fused-ring (bicyclic) bond motifs is 5. The van der Waals surface area contributed by atoms with Crippen molar-refractivity contribution in [3.63, 3.8) is 0 Å². The lowest BCUT2D eigenvalue weighted by atomic mass is 9.44. The highest BCUT2D eigenvalue weighted by Crippen LogP contribution is 2.68. The zero-order valence-corrected chi connectivity index (χ0v) is 20.4. The van der Waals surface area contributed by atoms with Crippen LogP contribution >= 0.6 is 12.6 Å². The topological polar surface area (TPSA) is 0 Å². The molecule has 0 radical (unpaired) electrons. The van der Waals surface area contributed by atoms with Crippen LogP contribution in [0.4, 0.5) is 0 Å². The minimum absolute atomic E-state index is 0.643. The molecule has 0 aromatic rings. The fourth-order valence-corrected chi connectivity index (χ4v) is 9.64. The molecular weight excluding hydrogens is 356 g/mol. The van der Waals surface area contributed by atoms with Crippen LogP contribution in [-0.2, 0) is 0 Å². The van der Waals surface area contributed by atoms with Gasteiger partial charge in [-0.2, -0.15) is 12.6 Å². The molecule has 1 heteroatoms. The van der Waals surface area contributed by atoms with Crippen molar-refractivity contribution in [3.05, 3.63) is 0 Å². The van der Waals surface area contributed by atoms with Crippen molar-refractivity contribution in [3.8, 4) is 0 Å². The first-order valence-corrected chi connectivity index (χ1v) is 13.5. The monoisotopic (exact) mass is 404 g/mol. The molecule has 0 aliphatic heterocycles. The number of rotatable bonds is 5. The molecule has 4 rings (SSSR count). The van der Waals surface area contributed by atoms with Crippen LogP contribution < -0.4 is 0 Å². The molecule has 0 N–H and O–H groups in total. The molecule has 4 fully saturated rings. The maximum absolute atomic E-state index is 4.88. The van der Waals surface area contributed by atoms with Crippen molar-refractivity contribution in [1.82, 2.24) is 0 Å². The Labute approximate surface area is 181 Å². The Hall–Kier alpha value is 0.350. The van der Waals surface area contributed by atoms with Crippen LogP contribution in [0.3, 0.4) is 0 Å². The Morgan fingerprint density at radius 3 is 2.29 bits per heavy atom. The van der Waals surface area contributed by atoms with Crippen LogP contribution in [0.15, 0.2) is 0 Å². The third-order valence-corrected chi connectivity index (χ3v) is 11.3. The lowest BCUT2D eigenvalue weighted by molar-refractivity contribution is -0.113. The largest absolute Gasteiger partial charge is 0.176 e. The Kier molecular flexibility index (Phi) is 6.26. The first-order chi connectivity index (χ1) is 13.3. The van der Waals surface area contributed by atoms with Gasteiger partial charge in [0.05, 0.1) is 0 Å². The van der Waals surface area contributed by atoms with E-state index in [1.54, 1.807) is 12.8 Å². The molecule has 0 heterocycles. The summed E-state index contributed by atoms with van der Waals surface area (Å²) < 4.78 is 0. The standard InChI is InChI=1S/C27H48S/c1-18(2)7-6-8-19(3)23-11-12-24-22-10-9-20-17-21(28)13-15-26(20,4)25(22)14-16-27(23,24)5/h18-25,28H,6-17H2,1-5H3/t19-,20+,21?,22-,23-,24-,25-,26-,27+/m0/s1. The van der Waals surface area contributed by atoms with Gasteiger partial charge in [0.1, 0.15) is 0 Å². The van der Waals surface area contributed by atoms with E-state index in [-0.39, 0.29) is 0 Å². The van der Waals surface area contributed by atoms with Crippen molar-refractivity contribution >= 4 is 12.6 Å². The number of hydrogen-bond donors (Lipinski definition) is 1. The van der Waals surface area contributed by atoms with E-state index in [9.17, 15) is 0 Å². The fraction of sp³-hybridized carbons (Fsp3) is 1.00. The normalized spacial score (nSPS) is 49.4. The predicted octanol–water partition coefficient (Wildman–Crippen LogP) is 8.41. The summed E-state index contributed by atoms with van der Waals surface area (Å²) in [6, 6.07) is 0. The highest BCUT2D eigenvalue weighted by atomic mass is 32.1. The highest BCUT2D eigenvalue weighted by molar-refractivity contribution is 7.80. The summed E-state index contributed by atoms with van der Waals surface area (Å²) in [5, 5.41) is 0.686. The maximum atomic E-state index is 4.88. The molecule has 0 saturated heterocycles. The van der Waals surface area contributed by atoms with Gasteiger partial charge in [0, 0.05) is 5.25 Å². The van der Waals surface area contributed by atoms with Gasteiger partial charge in [-0.05, 0) is 110 Å². The summed E-state index contributed by atoms with van der Waals surface area (Å²) >= 11 is 4.88. The summed E-state index contributed by atoms with van der Waals surface area (Å²) in [4.78, 5) is 0. The SMILES string of the molecule is CC(C)CCC[C@H](C)[C@@H]1CC[C@H]2[C@@H]3CC[C@@H]4CC(S)CC[C@]4(C)[C@H]3CC[C@@]21C. The molecule has 0 spiro atoms. The van der Waals surface area contributed by atoms with E-state index in [0.29, 0.717) is 16.1 Å². The first-order valence-electron chi connectivity index (χ1n) is 12.9. The average Bonchev–Trinajstić information content (AvgIpc) is 2.99. The molecule has 4 saturated carbocycles. The fourth-order valence-electron chi connectivity index (χ4n) is 9.26. The van der Waals surface area contributed by atoms with Crippen molar-refractivity contribution in [2.24, 2.45) is 52.3 Å². The highest BCUT2D eigenvalue weighted by Gasteiger charge is 2.60. The second-order valence-corrected chi connectivity index (χ2v) is 13.3. The van der Waals surface area contributed by atoms with E-state index in [4.69, 9.17) is 12.6 Å². The zero-order chi connectivity index (χ0) is 20.1. The van der Waals surface area contributed by atoms with Gasteiger partial charge in [0.15, 0.2) is 0 Å². The molecule has 28 heavy (non-hydrogen) atoms. The van der Waals surface area contributed by atoms with Crippen molar-refractivity contribution in [2.75, 3.05) is 0 Å². The van der Waals surface area contributed by atoms with Gasteiger partial charge in [0.25, 0.3) is 0 Å². The second kappa shape index (κ2) is 8.12. The third kappa shape index (κ3) is 3.62. The molecule has 0 aromatic carbocycles.